The average Bonchev–Trinajstić information content (AvgIpc) is 2.97. The second-order valence-corrected chi connectivity index (χ2v) is 13.7. The quantitative estimate of drug-likeness (QED) is 0.145. The molecule has 4 aromatic carbocycles. The van der Waals surface area contributed by atoms with Crippen LogP contribution < -0.4 is 14.1 Å². The molecule has 0 unspecified atom stereocenters. The fraction of sp³-hybridized carbons (Fsp3) is 0.156. The van der Waals surface area contributed by atoms with Crippen molar-refractivity contribution >= 4 is 36.7 Å². The van der Waals surface area contributed by atoms with Crippen LogP contribution in [0.3, 0.4) is 0 Å². The molecule has 0 aliphatic heterocycles. The number of ether oxygens (including phenoxy) is 2. The van der Waals surface area contributed by atoms with Gasteiger partial charge in [-0.3, -0.25) is 0 Å². The van der Waals surface area contributed by atoms with Gasteiger partial charge in [0.15, 0.2) is 0 Å². The topological polar surface area (TPSA) is 120 Å². The van der Waals surface area contributed by atoms with Crippen LogP contribution in [0.15, 0.2) is 116 Å². The van der Waals surface area contributed by atoms with Gasteiger partial charge in [0.2, 0.25) is 0 Å². The third kappa shape index (κ3) is 6.19. The third-order valence-corrected chi connectivity index (χ3v) is 10.9. The van der Waals surface area contributed by atoms with E-state index in [2.05, 4.69) is 0 Å². The molecule has 0 aliphatic carbocycles. The summed E-state index contributed by atoms with van der Waals surface area (Å²) < 4.78 is 72.7. The van der Waals surface area contributed by atoms with Gasteiger partial charge in [-0.2, -0.15) is 3.71 Å². The van der Waals surface area contributed by atoms with E-state index in [4.69, 9.17) is 13.9 Å². The first-order valence-electron chi connectivity index (χ1n) is 13.2. The summed E-state index contributed by atoms with van der Waals surface area (Å²) in [7, 11) is -7.67. The van der Waals surface area contributed by atoms with Gasteiger partial charge in [-0.05, 0) is 80.1 Å². The van der Waals surface area contributed by atoms with Gasteiger partial charge in [-0.1, -0.05) is 47.5 Å². The molecular weight excluding hydrogens is 590 g/mol. The van der Waals surface area contributed by atoms with E-state index in [1.165, 1.54) is 48.5 Å². The molecule has 0 bridgehead atoms. The molecule has 0 radical (unpaired) electrons. The maximum Gasteiger partial charge on any atom is 0.344 e. The van der Waals surface area contributed by atoms with E-state index < -0.39 is 25.7 Å². The summed E-state index contributed by atoms with van der Waals surface area (Å²) in [6, 6.07) is 24.3. The Morgan fingerprint density at radius 1 is 0.721 bits per heavy atom. The molecule has 5 rings (SSSR count). The molecule has 0 atom stereocenters. The Labute approximate surface area is 250 Å². The van der Waals surface area contributed by atoms with Gasteiger partial charge < -0.3 is 13.9 Å². The lowest BCUT2D eigenvalue weighted by Gasteiger charge is -2.24. The van der Waals surface area contributed by atoms with Crippen molar-refractivity contribution in [3.63, 3.8) is 0 Å². The number of fused-ring (bicyclic) bond motifs is 1. The molecular formula is C32H29NO8S2. The number of methoxy groups -OCH3 is 1. The molecule has 0 saturated heterocycles. The van der Waals surface area contributed by atoms with Gasteiger partial charge in [-0.25, -0.2) is 21.6 Å². The van der Waals surface area contributed by atoms with Gasteiger partial charge in [0.25, 0.3) is 20.0 Å². The second-order valence-electron chi connectivity index (χ2n) is 9.87. The van der Waals surface area contributed by atoms with Crippen LogP contribution in [0.4, 0.5) is 5.69 Å². The molecule has 5 aromatic rings. The maximum absolute atomic E-state index is 14.0. The summed E-state index contributed by atoms with van der Waals surface area (Å²) >= 11 is 0. The SMILES string of the molecule is COCCOc1cccc(-c2cc3cc(N(S(=O)(=O)c4ccc(C)cc4)S(=O)(=O)c4ccc(C)cc4)ccc3oc2=O)c1. The van der Waals surface area contributed by atoms with Crippen LogP contribution in [0.2, 0.25) is 0 Å². The van der Waals surface area contributed by atoms with Crippen molar-refractivity contribution in [2.75, 3.05) is 24.0 Å². The summed E-state index contributed by atoms with van der Waals surface area (Å²) in [4.78, 5) is 12.5. The van der Waals surface area contributed by atoms with Crippen LogP contribution in [0.5, 0.6) is 5.75 Å². The molecule has 0 spiro atoms. The number of benzene rings is 4. The van der Waals surface area contributed by atoms with E-state index in [1.807, 2.05) is 0 Å². The van der Waals surface area contributed by atoms with Gasteiger partial charge in [0.05, 0.1) is 27.6 Å². The Bertz CT molecular complexity index is 1980. The molecule has 11 heteroatoms. The summed E-state index contributed by atoms with van der Waals surface area (Å²) in [5.41, 5.74) is 1.71. The van der Waals surface area contributed by atoms with Gasteiger partial charge in [0.1, 0.15) is 17.9 Å². The standard InChI is InChI=1S/C32H29NO8S2/c1-22-7-12-28(13-8-22)42(35,36)33(43(37,38)29-14-9-23(2)10-15-29)26-11-16-31-25(19-26)21-30(32(34)41-31)24-5-4-6-27(20-24)40-18-17-39-3/h4-16,19-21H,17-18H2,1-3H3. The molecule has 1 aromatic heterocycles. The monoisotopic (exact) mass is 619 g/mol. The van der Waals surface area contributed by atoms with Crippen molar-refractivity contribution < 1.29 is 30.7 Å². The smallest absolute Gasteiger partial charge is 0.344 e. The predicted molar refractivity (Wildman–Crippen MR) is 164 cm³/mol. The number of nitrogens with zero attached hydrogens (tertiary/aromatic N) is 1. The zero-order valence-electron chi connectivity index (χ0n) is 23.7. The van der Waals surface area contributed by atoms with Crippen LogP contribution in [-0.4, -0.2) is 37.2 Å². The minimum Gasteiger partial charge on any atom is -0.491 e. The number of hydrogen-bond acceptors (Lipinski definition) is 8. The van der Waals surface area contributed by atoms with E-state index in [1.54, 1.807) is 69.5 Å². The highest BCUT2D eigenvalue weighted by molar-refractivity contribution is 8.10. The molecule has 9 nitrogen and oxygen atoms in total. The van der Waals surface area contributed by atoms with Gasteiger partial charge in [0, 0.05) is 12.5 Å². The molecule has 1 heterocycles. The zero-order valence-corrected chi connectivity index (χ0v) is 25.3. The van der Waals surface area contributed by atoms with Crippen molar-refractivity contribution in [2.24, 2.45) is 0 Å². The number of aryl methyl sites for hydroxylation is 2. The van der Waals surface area contributed by atoms with Crippen LogP contribution >= 0.6 is 0 Å². The lowest BCUT2D eigenvalue weighted by Crippen LogP contribution is -2.37. The highest BCUT2D eigenvalue weighted by Gasteiger charge is 2.37. The summed E-state index contributed by atoms with van der Waals surface area (Å²) in [5.74, 6) is 0.516. The minimum atomic E-state index is -4.62. The zero-order chi connectivity index (χ0) is 30.8. The van der Waals surface area contributed by atoms with Crippen molar-refractivity contribution in [1.29, 1.82) is 0 Å². The first-order valence-corrected chi connectivity index (χ1v) is 16.1. The molecule has 222 valence electrons. The fourth-order valence-electron chi connectivity index (χ4n) is 4.44. The molecule has 0 saturated carbocycles. The van der Waals surface area contributed by atoms with Gasteiger partial charge in [-0.15, -0.1) is 0 Å². The normalized spacial score (nSPS) is 11.9. The highest BCUT2D eigenvalue weighted by atomic mass is 32.3. The number of anilines is 1. The second kappa shape index (κ2) is 12.0. The van der Waals surface area contributed by atoms with Crippen molar-refractivity contribution in [1.82, 2.24) is 0 Å². The van der Waals surface area contributed by atoms with Crippen LogP contribution in [0, 0.1) is 13.8 Å². The van der Waals surface area contributed by atoms with Crippen molar-refractivity contribution in [3.8, 4) is 16.9 Å². The molecule has 43 heavy (non-hydrogen) atoms. The predicted octanol–water partition coefficient (Wildman–Crippen LogP) is 5.69. The Morgan fingerprint density at radius 3 is 1.91 bits per heavy atom. The Kier molecular flexibility index (Phi) is 8.41. The molecule has 0 amide bonds. The highest BCUT2D eigenvalue weighted by Crippen LogP contribution is 2.34. The van der Waals surface area contributed by atoms with E-state index in [0.29, 0.717) is 33.6 Å². The summed E-state index contributed by atoms with van der Waals surface area (Å²) in [6.45, 7) is 4.30. The van der Waals surface area contributed by atoms with Crippen molar-refractivity contribution in [3.05, 3.63) is 119 Å². The van der Waals surface area contributed by atoms with Crippen molar-refractivity contribution in [2.45, 2.75) is 23.6 Å². The first kappa shape index (κ1) is 30.0. The minimum absolute atomic E-state index is 0.148. The van der Waals surface area contributed by atoms with Crippen LogP contribution in [0.25, 0.3) is 22.1 Å². The van der Waals surface area contributed by atoms with E-state index >= 15 is 0 Å². The molecule has 0 aliphatic rings. The largest absolute Gasteiger partial charge is 0.491 e. The first-order chi connectivity index (χ1) is 20.5. The number of hydrogen-bond donors (Lipinski definition) is 0. The Hall–Kier alpha value is -4.45. The molecule has 0 fully saturated rings. The summed E-state index contributed by atoms with van der Waals surface area (Å²) in [6.07, 6.45) is 0. The molecule has 0 N–H and O–H groups in total. The fourth-order valence-corrected chi connectivity index (χ4v) is 8.12. The lowest BCUT2D eigenvalue weighted by atomic mass is 10.1. The van der Waals surface area contributed by atoms with Crippen LogP contribution in [0.1, 0.15) is 11.1 Å². The Balaban J connectivity index is 1.67. The van der Waals surface area contributed by atoms with E-state index in [9.17, 15) is 21.6 Å². The average molecular weight is 620 g/mol. The maximum atomic E-state index is 14.0. The van der Waals surface area contributed by atoms with Crippen LogP contribution in [-0.2, 0) is 24.8 Å². The number of sulfonamides is 2. The van der Waals surface area contributed by atoms with E-state index in [0.717, 1.165) is 11.1 Å². The Morgan fingerprint density at radius 2 is 1.33 bits per heavy atom. The lowest BCUT2D eigenvalue weighted by molar-refractivity contribution is 0.146. The number of rotatable bonds is 10. The van der Waals surface area contributed by atoms with Gasteiger partial charge >= 0.3 is 5.63 Å². The van der Waals surface area contributed by atoms with E-state index in [-0.39, 0.29) is 26.6 Å². The third-order valence-electron chi connectivity index (χ3n) is 6.70. The summed E-state index contributed by atoms with van der Waals surface area (Å²) in [5, 5.41) is 0.320.